The highest BCUT2D eigenvalue weighted by Crippen LogP contribution is 2.51. The number of fused-ring (bicyclic) bond motifs is 9. The second kappa shape index (κ2) is 14.6. The Kier molecular flexibility index (Phi) is 8.62. The third-order valence-electron chi connectivity index (χ3n) is 13.0. The second-order valence-electron chi connectivity index (χ2n) is 16.5. The topological polar surface area (TPSA) is 80.6 Å². The summed E-state index contributed by atoms with van der Waals surface area (Å²) in [6.07, 6.45) is 1.14. The van der Waals surface area contributed by atoms with Gasteiger partial charge in [-0.15, -0.1) is 0 Å². The molecule has 0 spiro atoms. The number of anilines is 3. The summed E-state index contributed by atoms with van der Waals surface area (Å²) in [4.78, 5) is 2.33. The molecule has 9 aromatic carbocycles. The Labute approximate surface area is 379 Å². The van der Waals surface area contributed by atoms with Crippen LogP contribution in [0.5, 0.6) is 0 Å². The molecule has 7 nitrogen and oxygen atoms in total. The van der Waals surface area contributed by atoms with E-state index in [1.807, 2.05) is 11.8 Å². The lowest BCUT2D eigenvalue weighted by atomic mass is 9.89. The number of hydrogen-bond donors (Lipinski definition) is 0. The summed E-state index contributed by atoms with van der Waals surface area (Å²) < 4.78 is 30.6. The first-order valence-electron chi connectivity index (χ1n) is 21.1. The molecule has 1 unspecified atom stereocenters. The van der Waals surface area contributed by atoms with Crippen LogP contribution in [0.25, 0.3) is 98.4 Å². The van der Waals surface area contributed by atoms with E-state index in [4.69, 9.17) is 26.2 Å². The van der Waals surface area contributed by atoms with Crippen molar-refractivity contribution in [3.8, 4) is 22.3 Å². The lowest BCUT2D eigenvalue weighted by Crippen LogP contribution is -2.14. The fraction of sp³-hybridized carbons (Fsp3) is 0.115. The van der Waals surface area contributed by atoms with E-state index < -0.39 is 0 Å². The van der Waals surface area contributed by atoms with Gasteiger partial charge in [-0.2, -0.15) is 38.0 Å². The van der Waals surface area contributed by atoms with Crippen molar-refractivity contribution in [1.29, 1.82) is 0 Å². The van der Waals surface area contributed by atoms with Crippen LogP contribution < -0.4 is 4.90 Å². The van der Waals surface area contributed by atoms with Gasteiger partial charge in [0, 0.05) is 16.9 Å². The Morgan fingerprint density at radius 1 is 0.444 bits per heavy atom. The van der Waals surface area contributed by atoms with Gasteiger partial charge in [-0.05, 0) is 127 Å². The number of hydrogen-bond acceptors (Lipinski definition) is 11. The maximum Gasteiger partial charge on any atom is 0.129 e. The zero-order valence-electron chi connectivity index (χ0n) is 34.2. The van der Waals surface area contributed by atoms with Crippen molar-refractivity contribution in [1.82, 2.24) is 26.2 Å². The molecule has 63 heavy (non-hydrogen) atoms. The van der Waals surface area contributed by atoms with Crippen molar-refractivity contribution in [2.24, 2.45) is 0 Å². The Morgan fingerprint density at radius 3 is 1.67 bits per heavy atom. The highest BCUT2D eigenvalue weighted by atomic mass is 32.2. The van der Waals surface area contributed by atoms with E-state index in [1.165, 1.54) is 83.8 Å². The molecular weight excluding hydrogens is 851 g/mol. The van der Waals surface area contributed by atoms with Gasteiger partial charge in [0.05, 0.1) is 52.2 Å². The number of benzene rings is 9. The molecule has 0 bridgehead atoms. The van der Waals surface area contributed by atoms with Crippen LogP contribution in [0.3, 0.4) is 0 Å². The Morgan fingerprint density at radius 2 is 0.984 bits per heavy atom. The van der Waals surface area contributed by atoms with Crippen LogP contribution in [0.1, 0.15) is 29.0 Å². The smallest absolute Gasteiger partial charge is 0.129 e. The summed E-state index contributed by atoms with van der Waals surface area (Å²) in [7, 11) is 0. The standard InChI is InChI=1S/C52H35N7S4/c1-28-24-43(49-51(57-62-55-49)45(28)40-17-9-16-37-33-12-5-3-10-30(33)18-19-39(37)40)59(42-21-20-35(32-22-23-60-27-32)47-48(42)54-61-53-47)44-25-29(2)46(52-50(44)56-63-58-52)41-26-31-11-4-6-13-34(31)36-14-7-8-15-38(36)41/h3-21,24-26,32H,22-23,27H2,1-2H3. The third-order valence-corrected chi connectivity index (χ3v) is 15.8. The van der Waals surface area contributed by atoms with Crippen LogP contribution >= 0.6 is 46.9 Å². The van der Waals surface area contributed by atoms with Gasteiger partial charge in [-0.1, -0.05) is 109 Å². The number of aromatic nitrogens is 6. The fourth-order valence-electron chi connectivity index (χ4n) is 10.2. The van der Waals surface area contributed by atoms with Gasteiger partial charge in [0.2, 0.25) is 0 Å². The van der Waals surface area contributed by atoms with Crippen LogP contribution in [0.2, 0.25) is 0 Å². The van der Waals surface area contributed by atoms with E-state index in [0.717, 1.165) is 101 Å². The molecule has 12 aromatic rings. The molecule has 3 aromatic heterocycles. The minimum Gasteiger partial charge on any atom is -0.304 e. The molecule has 1 fully saturated rings. The van der Waals surface area contributed by atoms with E-state index in [-0.39, 0.29) is 0 Å². The van der Waals surface area contributed by atoms with Gasteiger partial charge < -0.3 is 4.90 Å². The minimum absolute atomic E-state index is 0.449. The monoisotopic (exact) mass is 885 g/mol. The second-order valence-corrected chi connectivity index (χ2v) is 19.2. The molecule has 1 saturated heterocycles. The summed E-state index contributed by atoms with van der Waals surface area (Å²) in [5, 5.41) is 9.72. The lowest BCUT2D eigenvalue weighted by molar-refractivity contribution is 0.788. The van der Waals surface area contributed by atoms with Crippen LogP contribution in [-0.4, -0.2) is 37.7 Å². The molecule has 1 aliphatic heterocycles. The first-order chi connectivity index (χ1) is 31.1. The molecule has 0 radical (unpaired) electrons. The van der Waals surface area contributed by atoms with Crippen molar-refractivity contribution < 1.29 is 0 Å². The third kappa shape index (κ3) is 5.69. The molecule has 0 N–H and O–H groups in total. The predicted molar refractivity (Wildman–Crippen MR) is 269 cm³/mol. The summed E-state index contributed by atoms with van der Waals surface area (Å²) in [6.45, 7) is 4.41. The van der Waals surface area contributed by atoms with E-state index in [2.05, 4.69) is 152 Å². The van der Waals surface area contributed by atoms with Gasteiger partial charge in [0.25, 0.3) is 0 Å². The largest absolute Gasteiger partial charge is 0.304 e. The highest BCUT2D eigenvalue weighted by Gasteiger charge is 2.30. The molecule has 4 heterocycles. The highest BCUT2D eigenvalue weighted by molar-refractivity contribution is 7.99. The van der Waals surface area contributed by atoms with E-state index in [1.54, 1.807) is 0 Å². The summed E-state index contributed by atoms with van der Waals surface area (Å²) in [6, 6.07) is 48.5. The molecule has 13 rings (SSSR count). The van der Waals surface area contributed by atoms with Crippen molar-refractivity contribution >= 4 is 140 Å². The van der Waals surface area contributed by atoms with E-state index in [9.17, 15) is 0 Å². The van der Waals surface area contributed by atoms with E-state index >= 15 is 0 Å². The molecule has 0 saturated carbocycles. The maximum absolute atomic E-state index is 5.14. The first-order valence-corrected chi connectivity index (χ1v) is 24.4. The van der Waals surface area contributed by atoms with Crippen molar-refractivity contribution in [3.05, 3.63) is 150 Å². The normalized spacial score (nSPS) is 14.4. The fourth-order valence-corrected chi connectivity index (χ4v) is 13.1. The summed E-state index contributed by atoms with van der Waals surface area (Å²) in [5.41, 5.74) is 16.0. The average molecular weight is 886 g/mol. The van der Waals surface area contributed by atoms with Crippen molar-refractivity contribution in [2.45, 2.75) is 26.2 Å². The van der Waals surface area contributed by atoms with Crippen molar-refractivity contribution in [3.63, 3.8) is 0 Å². The van der Waals surface area contributed by atoms with Gasteiger partial charge >= 0.3 is 0 Å². The number of thioether (sulfide) groups is 1. The van der Waals surface area contributed by atoms with Crippen molar-refractivity contribution in [2.75, 3.05) is 16.4 Å². The van der Waals surface area contributed by atoms with Gasteiger partial charge in [-0.25, -0.2) is 0 Å². The first kappa shape index (κ1) is 37.2. The number of rotatable bonds is 6. The predicted octanol–water partition coefficient (Wildman–Crippen LogP) is 15.0. The molecule has 1 aliphatic rings. The number of nitrogens with zero attached hydrogens (tertiary/aromatic N) is 7. The van der Waals surface area contributed by atoms with Gasteiger partial charge in [0.1, 0.15) is 33.1 Å². The van der Waals surface area contributed by atoms with Gasteiger partial charge in [-0.3, -0.25) is 0 Å². The Hall–Kier alpha value is -6.37. The molecule has 0 aliphatic carbocycles. The summed E-state index contributed by atoms with van der Waals surface area (Å²) in [5.74, 6) is 2.71. The van der Waals surface area contributed by atoms with Crippen LogP contribution in [-0.2, 0) is 0 Å². The number of aryl methyl sites for hydroxylation is 2. The SMILES string of the molecule is Cc1cc(N(c2ccc(C3CCSC3)c3nsnc23)c2cc(C)c(-c3cc4ccccc4c4ccccc34)c3nsnc23)c2nsnc2c1-c1cccc2c1ccc1ccccc12. The average Bonchev–Trinajstić information content (AvgIpc) is 4.18. The van der Waals surface area contributed by atoms with Crippen LogP contribution in [0.4, 0.5) is 17.1 Å². The van der Waals surface area contributed by atoms with Crippen LogP contribution in [0, 0.1) is 13.8 Å². The lowest BCUT2D eigenvalue weighted by Gasteiger charge is -2.28. The molecule has 11 heteroatoms. The quantitative estimate of drug-likeness (QED) is 0.153. The zero-order valence-corrected chi connectivity index (χ0v) is 37.4. The van der Waals surface area contributed by atoms with Gasteiger partial charge in [0.15, 0.2) is 0 Å². The molecule has 1 atom stereocenters. The molecule has 302 valence electrons. The van der Waals surface area contributed by atoms with Crippen LogP contribution in [0.15, 0.2) is 133 Å². The Bertz CT molecular complexity index is 3830. The molecular formula is C52H35N7S4. The summed E-state index contributed by atoms with van der Waals surface area (Å²) >= 11 is 5.81. The Balaban J connectivity index is 1.08. The maximum atomic E-state index is 5.14. The minimum atomic E-state index is 0.449. The zero-order chi connectivity index (χ0) is 41.8. The molecule has 0 amide bonds. The van der Waals surface area contributed by atoms with E-state index in [0.29, 0.717) is 5.92 Å².